The molecule has 0 atom stereocenters. The molecule has 0 aromatic carbocycles. The highest BCUT2D eigenvalue weighted by Gasteiger charge is 2.23. The minimum absolute atomic E-state index is 0.0643. The molecule has 3 fully saturated rings. The number of ether oxygens (including phenoxy) is 3. The van der Waals surface area contributed by atoms with Crippen molar-refractivity contribution in [3.63, 3.8) is 0 Å². The van der Waals surface area contributed by atoms with E-state index in [0.717, 1.165) is 140 Å². The fourth-order valence-corrected chi connectivity index (χ4v) is 9.64. The van der Waals surface area contributed by atoms with Crippen LogP contribution in [0.5, 0.6) is 0 Å². The molecule has 0 unspecified atom stereocenters. The lowest BCUT2D eigenvalue weighted by Crippen LogP contribution is -2.23. The van der Waals surface area contributed by atoms with Crippen LogP contribution in [0.4, 0.5) is 14.6 Å². The van der Waals surface area contributed by atoms with Gasteiger partial charge in [0.15, 0.2) is 5.78 Å². The zero-order valence-corrected chi connectivity index (χ0v) is 43.1. The second kappa shape index (κ2) is 26.1. The molecule has 67 heavy (non-hydrogen) atoms. The van der Waals surface area contributed by atoms with Crippen molar-refractivity contribution in [2.24, 2.45) is 5.92 Å². The van der Waals surface area contributed by atoms with E-state index in [-0.39, 0.29) is 29.5 Å². The Hall–Kier alpha value is -4.00. The second-order valence-electron chi connectivity index (χ2n) is 16.7. The molecule has 6 aromatic rings. The average molecular weight is 1120 g/mol. The van der Waals surface area contributed by atoms with Crippen molar-refractivity contribution in [3.8, 4) is 0 Å². The van der Waals surface area contributed by atoms with Gasteiger partial charge in [-0.25, -0.2) is 28.7 Å². The Kier molecular flexibility index (Phi) is 20.4. The normalized spacial score (nSPS) is 15.9. The number of Topliss-reactive ketones (excluding diaryl/α,β-unsaturated/α-hetero) is 2. The molecule has 3 saturated heterocycles. The Labute approximate surface area is 416 Å². The zero-order chi connectivity index (χ0) is 47.9. The summed E-state index contributed by atoms with van der Waals surface area (Å²) >= 11 is 10.0. The number of halogens is 5. The van der Waals surface area contributed by atoms with Crippen LogP contribution in [0.2, 0.25) is 0 Å². The van der Waals surface area contributed by atoms with Gasteiger partial charge in [0.2, 0.25) is 0 Å². The van der Waals surface area contributed by atoms with Gasteiger partial charge in [-0.1, -0.05) is 48.8 Å². The number of nitrogen functional groups attached to an aromatic ring is 1. The molecule has 0 amide bonds. The fourth-order valence-electron chi connectivity index (χ4n) is 8.31. The number of ketones is 2. The molecule has 0 radical (unpaired) electrons. The van der Waals surface area contributed by atoms with Gasteiger partial charge in [-0.05, 0) is 136 Å². The van der Waals surface area contributed by atoms with Crippen LogP contribution >= 0.6 is 47.8 Å². The summed E-state index contributed by atoms with van der Waals surface area (Å²) in [6.45, 7) is 11.0. The third-order valence-electron chi connectivity index (χ3n) is 12.2. The molecule has 0 saturated carbocycles. The van der Waals surface area contributed by atoms with E-state index < -0.39 is 6.43 Å². The zero-order valence-electron chi connectivity index (χ0n) is 38.4. The number of rotatable bonds is 11. The number of fused-ring (bicyclic) bond motifs is 2. The van der Waals surface area contributed by atoms with E-state index in [9.17, 15) is 18.4 Å². The molecule has 3 aliphatic heterocycles. The molecule has 360 valence electrons. The summed E-state index contributed by atoms with van der Waals surface area (Å²) in [7, 11) is 0. The average Bonchev–Trinajstić information content (AvgIpc) is 4.00. The number of aryl methyl sites for hydroxylation is 3. The van der Waals surface area contributed by atoms with Gasteiger partial charge < -0.3 is 28.7 Å². The van der Waals surface area contributed by atoms with Gasteiger partial charge in [-0.15, -0.1) is 0 Å². The first-order valence-electron chi connectivity index (χ1n) is 23.1. The number of hydrogen-bond acceptors (Lipinski definition) is 10. The van der Waals surface area contributed by atoms with Crippen LogP contribution in [-0.2, 0) is 44.7 Å². The van der Waals surface area contributed by atoms with E-state index >= 15 is 0 Å². The summed E-state index contributed by atoms with van der Waals surface area (Å²) < 4.78 is 48.0. The molecule has 3 aliphatic rings. The number of imidazole rings is 2. The fraction of sp³-hybridized carbons (Fsp3) is 0.480. The lowest BCUT2D eigenvalue weighted by atomic mass is 9.97. The highest BCUT2D eigenvalue weighted by Crippen LogP contribution is 2.30. The van der Waals surface area contributed by atoms with Crippen molar-refractivity contribution in [3.05, 3.63) is 121 Å². The van der Waals surface area contributed by atoms with Gasteiger partial charge in [-0.2, -0.15) is 0 Å². The first-order chi connectivity index (χ1) is 32.4. The minimum Gasteiger partial charge on any atom is -0.383 e. The maximum absolute atomic E-state index is 12.9. The summed E-state index contributed by atoms with van der Waals surface area (Å²) in [5.41, 5.74) is 13.8. The van der Waals surface area contributed by atoms with E-state index in [4.69, 9.17) is 29.9 Å². The van der Waals surface area contributed by atoms with Gasteiger partial charge in [0.05, 0.1) is 16.7 Å². The van der Waals surface area contributed by atoms with E-state index in [0.29, 0.717) is 28.8 Å². The van der Waals surface area contributed by atoms with Gasteiger partial charge >= 0.3 is 0 Å². The Bertz CT molecular complexity index is 2550. The van der Waals surface area contributed by atoms with Crippen molar-refractivity contribution >= 4 is 76.5 Å². The van der Waals surface area contributed by atoms with Crippen LogP contribution in [0.1, 0.15) is 127 Å². The number of aromatic nitrogens is 6. The molecule has 9 rings (SSSR count). The van der Waals surface area contributed by atoms with Gasteiger partial charge in [0.1, 0.15) is 34.3 Å². The Balaban J connectivity index is 0.000000165. The van der Waals surface area contributed by atoms with Crippen LogP contribution in [0.3, 0.4) is 0 Å². The van der Waals surface area contributed by atoms with Crippen LogP contribution < -0.4 is 5.73 Å². The second-order valence-corrected chi connectivity index (χ2v) is 19.1. The third kappa shape index (κ3) is 14.8. The molecule has 6 aromatic heterocycles. The van der Waals surface area contributed by atoms with Crippen LogP contribution in [-0.4, -0.2) is 85.3 Å². The number of nitrogens with two attached hydrogens (primary N) is 1. The third-order valence-corrected chi connectivity index (χ3v) is 13.6. The molecule has 0 bridgehead atoms. The number of alkyl halides is 3. The van der Waals surface area contributed by atoms with E-state index in [2.05, 4.69) is 101 Å². The smallest absolute Gasteiger partial charge is 0.280 e. The number of nitrogens with zero attached hydrogens (tertiary/aromatic N) is 6. The molecule has 0 aliphatic carbocycles. The Morgan fingerprint density at radius 2 is 1.24 bits per heavy atom. The topological polar surface area (TPSA) is 148 Å². The lowest BCUT2D eigenvalue weighted by molar-refractivity contribution is -0.122. The SMILES string of the molecule is CCc1cc(Br)cn2cc(C3CCOCC3)nc12.CCc1cc(Br)cnc1N.CCc1cc(CC(=O)c2cccc(C(F)F)n2)cn2cc(C3CCOCC3)nc12.O=C(CBr)C1CCOCC1. The molecular formula is C50H60Br3F2N7O5. The number of pyridine rings is 4. The van der Waals surface area contributed by atoms with Gasteiger partial charge in [0, 0.05) is 104 Å². The summed E-state index contributed by atoms with van der Waals surface area (Å²) in [5, 5.41) is 0.498. The number of hydrogen-bond donors (Lipinski definition) is 1. The van der Waals surface area contributed by atoms with E-state index in [1.54, 1.807) is 6.20 Å². The van der Waals surface area contributed by atoms with Gasteiger partial charge in [-0.3, -0.25) is 9.59 Å². The maximum atomic E-state index is 12.9. The lowest BCUT2D eigenvalue weighted by Gasteiger charge is -2.19. The van der Waals surface area contributed by atoms with E-state index in [1.165, 1.54) is 29.5 Å². The van der Waals surface area contributed by atoms with E-state index in [1.807, 2.05) is 28.9 Å². The Morgan fingerprint density at radius 3 is 1.76 bits per heavy atom. The summed E-state index contributed by atoms with van der Waals surface area (Å²) in [5.74, 6) is 1.88. The summed E-state index contributed by atoms with van der Waals surface area (Å²) in [6.07, 6.45) is 16.0. The molecule has 0 spiro atoms. The van der Waals surface area contributed by atoms with Crippen LogP contribution in [0.25, 0.3) is 11.3 Å². The highest BCUT2D eigenvalue weighted by molar-refractivity contribution is 9.10. The number of carbonyl (C=O) groups excluding carboxylic acids is 2. The molecule has 12 nitrogen and oxygen atoms in total. The van der Waals surface area contributed by atoms with Crippen LogP contribution in [0.15, 0.2) is 76.3 Å². The van der Waals surface area contributed by atoms with Crippen LogP contribution in [0, 0.1) is 5.92 Å². The van der Waals surface area contributed by atoms with Crippen molar-refractivity contribution in [1.29, 1.82) is 0 Å². The predicted molar refractivity (Wildman–Crippen MR) is 268 cm³/mol. The Morgan fingerprint density at radius 1 is 0.716 bits per heavy atom. The van der Waals surface area contributed by atoms with Crippen molar-refractivity contribution < 1.29 is 32.6 Å². The highest BCUT2D eigenvalue weighted by atomic mass is 79.9. The van der Waals surface area contributed by atoms with Gasteiger partial charge in [0.25, 0.3) is 6.43 Å². The summed E-state index contributed by atoms with van der Waals surface area (Å²) in [4.78, 5) is 41.2. The monoisotopic (exact) mass is 1110 g/mol. The number of anilines is 1. The molecule has 17 heteroatoms. The first-order valence-corrected chi connectivity index (χ1v) is 25.8. The quantitative estimate of drug-likeness (QED) is 0.0982. The summed E-state index contributed by atoms with van der Waals surface area (Å²) in [6, 6.07) is 10.3. The molecular weight excluding hydrogens is 1060 g/mol. The van der Waals surface area contributed by atoms with Crippen molar-refractivity contribution in [1.82, 2.24) is 28.7 Å². The van der Waals surface area contributed by atoms with Crippen molar-refractivity contribution in [2.75, 3.05) is 50.7 Å². The molecule has 9 heterocycles. The maximum Gasteiger partial charge on any atom is 0.280 e. The molecule has 2 N–H and O–H groups in total. The largest absolute Gasteiger partial charge is 0.383 e. The van der Waals surface area contributed by atoms with Crippen molar-refractivity contribution in [2.45, 2.75) is 103 Å². The minimum atomic E-state index is -2.69. The first kappa shape index (κ1) is 52.4. The standard InChI is InChI=1S/C22H23F2N3O2.C14H17BrN2O.C7H9BrN2.C7H11BrO2/c1-2-15-10-14(11-20(28)17-4-3-5-18(25-17)21(23)24)12-27-13-19(26-22(15)27)16-6-8-29-9-7-16;1-2-10-7-12(15)8-17-9-13(16-14(10)17)11-3-5-18-6-4-11;1-2-5-3-6(8)4-10-7(5)9;8-5-7(9)6-1-3-10-4-2-6/h3-5,10,12-13,16,21H,2,6-9,11H2,1H3;7-9,11H,2-6H2,1H3;3-4H,2H2,1H3,(H2,9,10);6H,1-5H2. The predicted octanol–water partition coefficient (Wildman–Crippen LogP) is 11.5. The number of carbonyl (C=O) groups is 2.